The van der Waals surface area contributed by atoms with E-state index < -0.39 is 17.2 Å². The lowest BCUT2D eigenvalue weighted by Gasteiger charge is -2.31. The van der Waals surface area contributed by atoms with Gasteiger partial charge < -0.3 is 19.9 Å². The van der Waals surface area contributed by atoms with E-state index >= 15 is 0 Å². The zero-order valence-corrected chi connectivity index (χ0v) is 14.8. The van der Waals surface area contributed by atoms with Crippen molar-refractivity contribution in [1.82, 2.24) is 5.32 Å². The smallest absolute Gasteiger partial charge is 0.408 e. The first-order valence-electron chi connectivity index (χ1n) is 8.14. The zero-order valence-electron chi connectivity index (χ0n) is 14.8. The van der Waals surface area contributed by atoms with Crippen molar-refractivity contribution in [2.75, 3.05) is 13.2 Å². The number of aliphatic hydroxyl groups is 1. The Hall–Kier alpha value is -1.59. The van der Waals surface area contributed by atoms with Crippen LogP contribution < -0.4 is 5.32 Å². The third kappa shape index (κ3) is 5.52. The van der Waals surface area contributed by atoms with Crippen LogP contribution >= 0.6 is 0 Å². The number of rotatable bonds is 3. The molecule has 2 N–H and O–H groups in total. The molecule has 5 nitrogen and oxygen atoms in total. The molecule has 1 fully saturated rings. The molecule has 1 unspecified atom stereocenters. The minimum atomic E-state index is -0.559. The van der Waals surface area contributed by atoms with Gasteiger partial charge in [0.1, 0.15) is 5.60 Å². The van der Waals surface area contributed by atoms with Crippen LogP contribution in [0.15, 0.2) is 24.3 Å². The van der Waals surface area contributed by atoms with Crippen LogP contribution in [0, 0.1) is 0 Å². The number of carbonyl (C=O) groups excluding carboxylic acids is 1. The summed E-state index contributed by atoms with van der Waals surface area (Å²) in [6, 6.07) is 7.54. The summed E-state index contributed by atoms with van der Waals surface area (Å²) in [5.74, 6) is 0. The summed E-state index contributed by atoms with van der Waals surface area (Å²) in [7, 11) is 0. The molecule has 1 saturated heterocycles. The molecule has 130 valence electrons. The van der Waals surface area contributed by atoms with Crippen molar-refractivity contribution >= 4 is 6.09 Å². The first kappa shape index (κ1) is 19.5. The molecule has 5 heteroatoms. The Morgan fingerprint density at radius 1 is 1.30 bits per heavy atom. The quantitative estimate of drug-likeness (QED) is 0.895. The number of hydrogen-bond acceptors (Lipinski definition) is 4. The van der Waals surface area contributed by atoms with E-state index in [1.54, 1.807) is 0 Å². The number of alkyl carbamates (subject to hydrolysis) is 1. The molecule has 1 aromatic rings. The average molecular weight is 323 g/mol. The highest BCUT2D eigenvalue weighted by Gasteiger charge is 2.39. The lowest BCUT2D eigenvalue weighted by Crippen LogP contribution is -2.48. The van der Waals surface area contributed by atoms with Crippen molar-refractivity contribution in [3.63, 3.8) is 0 Å². The van der Waals surface area contributed by atoms with Gasteiger partial charge in [-0.05, 0) is 31.9 Å². The minimum absolute atomic E-state index is 0.00325. The summed E-state index contributed by atoms with van der Waals surface area (Å²) >= 11 is 0. The van der Waals surface area contributed by atoms with E-state index in [2.05, 4.69) is 5.32 Å². The van der Waals surface area contributed by atoms with Crippen LogP contribution in [0.5, 0.6) is 0 Å². The lowest BCUT2D eigenvalue weighted by atomic mass is 9.88. The Balaban J connectivity index is 0.00000127. The maximum absolute atomic E-state index is 12.1. The Kier molecular flexibility index (Phi) is 7.03. The van der Waals surface area contributed by atoms with Crippen molar-refractivity contribution in [2.45, 2.75) is 58.8 Å². The van der Waals surface area contributed by atoms with Crippen molar-refractivity contribution < 1.29 is 19.4 Å². The normalized spacial score (nSPS) is 20.4. The topological polar surface area (TPSA) is 67.8 Å². The fraction of sp³-hybridized carbons (Fsp3) is 0.611. The molecule has 23 heavy (non-hydrogen) atoms. The van der Waals surface area contributed by atoms with Gasteiger partial charge >= 0.3 is 6.09 Å². The van der Waals surface area contributed by atoms with Gasteiger partial charge in [0.2, 0.25) is 0 Å². The predicted octanol–water partition coefficient (Wildman–Crippen LogP) is 3.35. The number of benzene rings is 1. The van der Waals surface area contributed by atoms with Gasteiger partial charge in [0.15, 0.2) is 0 Å². The molecule has 0 saturated carbocycles. The van der Waals surface area contributed by atoms with E-state index in [4.69, 9.17) is 14.6 Å². The molecule has 1 aliphatic heterocycles. The second kappa shape index (κ2) is 8.31. The van der Waals surface area contributed by atoms with Crippen LogP contribution in [0.1, 0.15) is 52.2 Å². The summed E-state index contributed by atoms with van der Waals surface area (Å²) in [5.41, 5.74) is 0.704. The molecule has 0 aliphatic carbocycles. The van der Waals surface area contributed by atoms with E-state index in [1.807, 2.05) is 58.9 Å². The van der Waals surface area contributed by atoms with Crippen LogP contribution in [0.4, 0.5) is 4.79 Å². The second-order valence-electron chi connectivity index (χ2n) is 6.37. The molecular formula is C18H29NO4. The number of nitrogens with one attached hydrogen (secondary N) is 1. The maximum Gasteiger partial charge on any atom is 0.408 e. The van der Waals surface area contributed by atoms with Gasteiger partial charge in [0.25, 0.3) is 0 Å². The summed E-state index contributed by atoms with van der Waals surface area (Å²) < 4.78 is 10.8. The Morgan fingerprint density at radius 3 is 2.35 bits per heavy atom. The molecular weight excluding hydrogens is 294 g/mol. The Morgan fingerprint density at radius 2 is 1.91 bits per heavy atom. The molecule has 0 aromatic heterocycles. The number of hydrogen-bond donors (Lipinski definition) is 2. The van der Waals surface area contributed by atoms with Crippen molar-refractivity contribution in [2.24, 2.45) is 0 Å². The predicted molar refractivity (Wildman–Crippen MR) is 90.2 cm³/mol. The van der Waals surface area contributed by atoms with Crippen LogP contribution in [0.25, 0.3) is 0 Å². The van der Waals surface area contributed by atoms with Gasteiger partial charge in [-0.25, -0.2) is 4.79 Å². The molecule has 1 heterocycles. The lowest BCUT2D eigenvalue weighted by molar-refractivity contribution is 0.0437. The summed E-state index contributed by atoms with van der Waals surface area (Å²) in [6.45, 7) is 10.5. The second-order valence-corrected chi connectivity index (χ2v) is 6.37. The first-order chi connectivity index (χ1) is 10.8. The number of carbonyl (C=O) groups is 1. The van der Waals surface area contributed by atoms with E-state index in [-0.39, 0.29) is 6.61 Å². The number of ether oxygens (including phenoxy) is 2. The van der Waals surface area contributed by atoms with Crippen molar-refractivity contribution in [3.05, 3.63) is 35.4 Å². The van der Waals surface area contributed by atoms with Gasteiger partial charge in [-0.3, -0.25) is 0 Å². The first-order valence-corrected chi connectivity index (χ1v) is 8.14. The van der Waals surface area contributed by atoms with E-state index in [0.717, 1.165) is 11.1 Å². The molecule has 2 rings (SSSR count). The minimum Gasteiger partial charge on any atom is -0.444 e. The third-order valence-corrected chi connectivity index (χ3v) is 3.45. The van der Waals surface area contributed by atoms with Gasteiger partial charge in [-0.2, -0.15) is 0 Å². The molecule has 1 aromatic carbocycles. The molecule has 0 bridgehead atoms. The molecule has 0 spiro atoms. The number of aliphatic hydroxyl groups excluding tert-OH is 1. The summed E-state index contributed by atoms with van der Waals surface area (Å²) in [6.07, 6.45) is 0.254. The third-order valence-electron chi connectivity index (χ3n) is 3.45. The summed E-state index contributed by atoms with van der Waals surface area (Å²) in [5, 5.41) is 12.1. The molecule has 1 atom stereocenters. The highest BCUT2D eigenvalue weighted by Crippen LogP contribution is 2.31. The zero-order chi connectivity index (χ0) is 17.5. The van der Waals surface area contributed by atoms with E-state index in [0.29, 0.717) is 19.6 Å². The van der Waals surface area contributed by atoms with Crippen LogP contribution in [0.2, 0.25) is 0 Å². The SMILES string of the molecule is CC.CC(C)(C)OC(=O)NC1(c2ccc(CO)cc2)CCOC1. The monoisotopic (exact) mass is 323 g/mol. The van der Waals surface area contributed by atoms with Crippen LogP contribution in [-0.4, -0.2) is 30.0 Å². The van der Waals surface area contributed by atoms with Crippen molar-refractivity contribution in [1.29, 1.82) is 0 Å². The Bertz CT molecular complexity index is 485. The average Bonchev–Trinajstić information content (AvgIpc) is 2.97. The molecule has 1 amide bonds. The van der Waals surface area contributed by atoms with Crippen molar-refractivity contribution in [3.8, 4) is 0 Å². The van der Waals surface area contributed by atoms with E-state index in [9.17, 15) is 4.79 Å². The fourth-order valence-corrected chi connectivity index (χ4v) is 2.39. The summed E-state index contributed by atoms with van der Waals surface area (Å²) in [4.78, 5) is 12.1. The standard InChI is InChI=1S/C16H23NO4.C2H6/c1-15(2,3)21-14(19)17-16(8-9-20-11-16)13-6-4-12(10-18)5-7-13;1-2/h4-7,18H,8-11H2,1-3H3,(H,17,19);1-2H3. The highest BCUT2D eigenvalue weighted by atomic mass is 16.6. The van der Waals surface area contributed by atoms with Gasteiger partial charge in [0.05, 0.1) is 18.8 Å². The van der Waals surface area contributed by atoms with Crippen LogP contribution in [-0.2, 0) is 21.6 Å². The Labute approximate surface area is 139 Å². The molecule has 1 aliphatic rings. The van der Waals surface area contributed by atoms with Gasteiger partial charge in [-0.1, -0.05) is 38.1 Å². The largest absolute Gasteiger partial charge is 0.444 e. The van der Waals surface area contributed by atoms with Gasteiger partial charge in [0, 0.05) is 13.0 Å². The highest BCUT2D eigenvalue weighted by molar-refractivity contribution is 5.69. The van der Waals surface area contributed by atoms with Gasteiger partial charge in [-0.15, -0.1) is 0 Å². The maximum atomic E-state index is 12.1. The fourth-order valence-electron chi connectivity index (χ4n) is 2.39. The van der Waals surface area contributed by atoms with Crippen LogP contribution in [0.3, 0.4) is 0 Å². The molecule has 0 radical (unpaired) electrons. The number of amides is 1. The van der Waals surface area contributed by atoms with E-state index in [1.165, 1.54) is 0 Å².